The van der Waals surface area contributed by atoms with E-state index < -0.39 is 0 Å². The molecule has 2 atom stereocenters. The first-order chi connectivity index (χ1) is 16.8. The highest BCUT2D eigenvalue weighted by atomic mass is 15.0. The predicted molar refractivity (Wildman–Crippen MR) is 143 cm³/mol. The van der Waals surface area contributed by atoms with Crippen molar-refractivity contribution in [3.8, 4) is 11.1 Å². The first-order valence-electron chi connectivity index (χ1n) is 12.3. The molecule has 1 aliphatic carbocycles. The highest BCUT2D eigenvalue weighted by molar-refractivity contribution is 5.90. The summed E-state index contributed by atoms with van der Waals surface area (Å²) in [6.07, 6.45) is 9.09. The Morgan fingerprint density at radius 2 is 1.53 bits per heavy atom. The summed E-state index contributed by atoms with van der Waals surface area (Å²) in [4.78, 5) is 9.65. The fourth-order valence-electron chi connectivity index (χ4n) is 4.93. The fourth-order valence-corrected chi connectivity index (χ4v) is 4.93. The first-order valence-corrected chi connectivity index (χ1v) is 12.3. The number of benzene rings is 3. The number of anilines is 1. The lowest BCUT2D eigenvalue weighted by Gasteiger charge is -2.28. The molecule has 4 heteroatoms. The van der Waals surface area contributed by atoms with Crippen LogP contribution in [0.15, 0.2) is 78.9 Å². The van der Waals surface area contributed by atoms with E-state index in [1.54, 1.807) is 0 Å². The molecule has 1 aliphatic rings. The van der Waals surface area contributed by atoms with Crippen LogP contribution in [0.1, 0.15) is 37.1 Å². The molecule has 172 valence electrons. The fraction of sp³-hybridized carbons (Fsp3) is 0.267. The molecule has 3 aromatic carbocycles. The van der Waals surface area contributed by atoms with E-state index >= 15 is 0 Å². The van der Waals surface area contributed by atoms with Crippen molar-refractivity contribution in [2.24, 2.45) is 17.6 Å². The number of hydrogen-bond donors (Lipinski definition) is 2. The van der Waals surface area contributed by atoms with Crippen LogP contribution in [0.5, 0.6) is 0 Å². The van der Waals surface area contributed by atoms with Gasteiger partial charge in [-0.2, -0.15) is 0 Å². The van der Waals surface area contributed by atoms with Crippen LogP contribution in [-0.4, -0.2) is 23.1 Å². The number of rotatable bonds is 7. The van der Waals surface area contributed by atoms with Gasteiger partial charge in [0.1, 0.15) is 5.82 Å². The highest BCUT2D eigenvalue weighted by Gasteiger charge is 2.21. The van der Waals surface area contributed by atoms with Crippen LogP contribution in [0, 0.1) is 11.8 Å². The number of hydrogen-bond acceptors (Lipinski definition) is 4. The molecule has 1 aromatic heterocycles. The van der Waals surface area contributed by atoms with Crippen molar-refractivity contribution in [3.63, 3.8) is 0 Å². The summed E-state index contributed by atoms with van der Waals surface area (Å²) in [5, 5.41) is 4.71. The van der Waals surface area contributed by atoms with Crippen molar-refractivity contribution < 1.29 is 0 Å². The Kier molecular flexibility index (Phi) is 6.97. The minimum absolute atomic E-state index is 0.651. The van der Waals surface area contributed by atoms with Crippen molar-refractivity contribution in [3.05, 3.63) is 90.3 Å². The van der Waals surface area contributed by atoms with Gasteiger partial charge in [-0.3, -0.25) is 0 Å². The highest BCUT2D eigenvalue weighted by Crippen LogP contribution is 2.29. The maximum atomic E-state index is 5.94. The lowest BCUT2D eigenvalue weighted by molar-refractivity contribution is 0.281. The quantitative estimate of drug-likeness (QED) is 0.332. The predicted octanol–water partition coefficient (Wildman–Crippen LogP) is 6.64. The summed E-state index contributed by atoms with van der Waals surface area (Å²) in [6.45, 7) is 1.73. The Balaban J connectivity index is 1.34. The lowest BCUT2D eigenvalue weighted by Crippen LogP contribution is -2.26. The summed E-state index contributed by atoms with van der Waals surface area (Å²) in [5.74, 6) is 2.95. The van der Waals surface area contributed by atoms with Gasteiger partial charge in [0.05, 0.1) is 5.52 Å². The molecule has 0 saturated heterocycles. The number of para-hydroxylation sites is 1. The Morgan fingerprint density at radius 1 is 0.794 bits per heavy atom. The average molecular weight is 449 g/mol. The van der Waals surface area contributed by atoms with E-state index in [1.165, 1.54) is 36.8 Å². The number of nitrogens with two attached hydrogens (primary N) is 1. The number of aromatic nitrogens is 2. The zero-order chi connectivity index (χ0) is 23.2. The molecule has 4 nitrogen and oxygen atoms in total. The van der Waals surface area contributed by atoms with Gasteiger partial charge in [0.2, 0.25) is 0 Å². The SMILES string of the molecule is NCC1CCCC(CNc2nc(/C=C/c3ccc(-c4ccccc4)cc3)nc3ccccc23)C1. The van der Waals surface area contributed by atoms with Crippen molar-refractivity contribution in [2.45, 2.75) is 25.7 Å². The minimum Gasteiger partial charge on any atom is -0.369 e. The topological polar surface area (TPSA) is 63.8 Å². The van der Waals surface area contributed by atoms with Gasteiger partial charge >= 0.3 is 0 Å². The van der Waals surface area contributed by atoms with Crippen molar-refractivity contribution in [2.75, 3.05) is 18.4 Å². The molecule has 4 aromatic rings. The normalized spacial score (nSPS) is 18.4. The zero-order valence-corrected chi connectivity index (χ0v) is 19.5. The van der Waals surface area contributed by atoms with E-state index in [0.717, 1.165) is 41.2 Å². The van der Waals surface area contributed by atoms with Crippen LogP contribution in [0.2, 0.25) is 0 Å². The maximum absolute atomic E-state index is 5.94. The molecule has 34 heavy (non-hydrogen) atoms. The van der Waals surface area contributed by atoms with Gasteiger partial charge in [0, 0.05) is 11.9 Å². The van der Waals surface area contributed by atoms with Crippen LogP contribution in [0.25, 0.3) is 34.2 Å². The zero-order valence-electron chi connectivity index (χ0n) is 19.5. The van der Waals surface area contributed by atoms with Crippen LogP contribution < -0.4 is 11.1 Å². The molecular weight excluding hydrogens is 416 g/mol. The summed E-state index contributed by atoms with van der Waals surface area (Å²) >= 11 is 0. The van der Waals surface area contributed by atoms with Crippen LogP contribution >= 0.6 is 0 Å². The Bertz CT molecular complexity index is 1250. The Hall–Kier alpha value is -3.50. The van der Waals surface area contributed by atoms with E-state index in [0.29, 0.717) is 11.8 Å². The summed E-state index contributed by atoms with van der Waals surface area (Å²) in [5.41, 5.74) is 10.5. The second-order valence-electron chi connectivity index (χ2n) is 9.28. The maximum Gasteiger partial charge on any atom is 0.154 e. The number of nitrogens with one attached hydrogen (secondary N) is 1. The molecular formula is C30H32N4. The van der Waals surface area contributed by atoms with Crippen molar-refractivity contribution >= 4 is 28.9 Å². The molecule has 5 rings (SSSR count). The number of fused-ring (bicyclic) bond motifs is 1. The van der Waals surface area contributed by atoms with Gasteiger partial charge in [-0.25, -0.2) is 9.97 Å². The largest absolute Gasteiger partial charge is 0.369 e. The molecule has 1 heterocycles. The Labute approximate surface area is 202 Å². The molecule has 3 N–H and O–H groups in total. The van der Waals surface area contributed by atoms with Gasteiger partial charge < -0.3 is 11.1 Å². The van der Waals surface area contributed by atoms with E-state index in [4.69, 9.17) is 15.7 Å². The van der Waals surface area contributed by atoms with Gasteiger partial charge in [-0.1, -0.05) is 79.2 Å². The van der Waals surface area contributed by atoms with E-state index in [2.05, 4.69) is 72.1 Å². The third kappa shape index (κ3) is 5.35. The second-order valence-corrected chi connectivity index (χ2v) is 9.28. The van der Waals surface area contributed by atoms with E-state index in [-0.39, 0.29) is 0 Å². The summed E-state index contributed by atoms with van der Waals surface area (Å²) in [7, 11) is 0. The summed E-state index contributed by atoms with van der Waals surface area (Å²) < 4.78 is 0. The van der Waals surface area contributed by atoms with Gasteiger partial charge in [-0.15, -0.1) is 0 Å². The van der Waals surface area contributed by atoms with Crippen molar-refractivity contribution in [1.82, 2.24) is 9.97 Å². The van der Waals surface area contributed by atoms with E-state index in [1.807, 2.05) is 24.3 Å². The molecule has 1 saturated carbocycles. The third-order valence-electron chi connectivity index (χ3n) is 6.85. The van der Waals surface area contributed by atoms with Crippen LogP contribution in [0.4, 0.5) is 5.82 Å². The summed E-state index contributed by atoms with van der Waals surface area (Å²) in [6, 6.07) is 27.2. The molecule has 0 amide bonds. The standard InChI is InChI=1S/C30H32N4/c31-20-23-7-6-8-24(19-23)21-32-30-27-11-4-5-12-28(27)33-29(34-30)18-15-22-13-16-26(17-14-22)25-9-2-1-3-10-25/h1-5,9-18,23-24H,6-8,19-21,31H2,(H,32,33,34)/b18-15+. The molecule has 2 unspecified atom stereocenters. The average Bonchev–Trinajstić information content (AvgIpc) is 2.91. The minimum atomic E-state index is 0.651. The smallest absolute Gasteiger partial charge is 0.154 e. The van der Waals surface area contributed by atoms with Gasteiger partial charge in [-0.05, 0) is 72.5 Å². The molecule has 0 aliphatic heterocycles. The van der Waals surface area contributed by atoms with Gasteiger partial charge in [0.25, 0.3) is 0 Å². The van der Waals surface area contributed by atoms with Crippen LogP contribution in [0.3, 0.4) is 0 Å². The Morgan fingerprint density at radius 3 is 2.35 bits per heavy atom. The van der Waals surface area contributed by atoms with E-state index in [9.17, 15) is 0 Å². The molecule has 1 fully saturated rings. The molecule has 0 radical (unpaired) electrons. The van der Waals surface area contributed by atoms with Crippen LogP contribution in [-0.2, 0) is 0 Å². The van der Waals surface area contributed by atoms with Gasteiger partial charge in [0.15, 0.2) is 5.82 Å². The lowest BCUT2D eigenvalue weighted by atomic mass is 9.81. The first kappa shape index (κ1) is 22.3. The molecule has 0 spiro atoms. The monoisotopic (exact) mass is 448 g/mol. The third-order valence-corrected chi connectivity index (χ3v) is 6.85. The second kappa shape index (κ2) is 10.6. The number of nitrogens with zero attached hydrogens (tertiary/aromatic N) is 2. The van der Waals surface area contributed by atoms with Crippen molar-refractivity contribution in [1.29, 1.82) is 0 Å². The molecule has 0 bridgehead atoms.